The number of halogens is 2. The molecule has 4 nitrogen and oxygen atoms in total. The Balaban J connectivity index is 1.45. The van der Waals surface area contributed by atoms with Crippen LogP contribution in [0.2, 0.25) is 0 Å². The third kappa shape index (κ3) is 3.71. The standard InChI is InChI=1S/C22H15F2NO3/c23-15-8-10-20(18(24)12-15)27-13-16-9-11-21(28-16)22(26)25-19-7-3-5-14-4-1-2-6-17(14)19/h1-12H,13H2,(H,25,26). The van der Waals surface area contributed by atoms with Crippen molar-refractivity contribution in [2.45, 2.75) is 6.61 Å². The van der Waals surface area contributed by atoms with Crippen molar-refractivity contribution in [3.05, 3.63) is 96.0 Å². The van der Waals surface area contributed by atoms with Crippen molar-refractivity contribution in [1.82, 2.24) is 0 Å². The van der Waals surface area contributed by atoms with Gasteiger partial charge in [-0.3, -0.25) is 4.79 Å². The van der Waals surface area contributed by atoms with E-state index in [0.717, 1.165) is 22.9 Å². The summed E-state index contributed by atoms with van der Waals surface area (Å²) in [7, 11) is 0. The highest BCUT2D eigenvalue weighted by atomic mass is 19.1. The number of rotatable bonds is 5. The van der Waals surface area contributed by atoms with Crippen molar-refractivity contribution in [3.63, 3.8) is 0 Å². The van der Waals surface area contributed by atoms with Crippen molar-refractivity contribution in [2.75, 3.05) is 5.32 Å². The predicted octanol–water partition coefficient (Wildman–Crippen LogP) is 5.54. The Morgan fingerprint density at radius 2 is 1.79 bits per heavy atom. The van der Waals surface area contributed by atoms with E-state index in [4.69, 9.17) is 9.15 Å². The Bertz CT molecular complexity index is 1150. The molecule has 0 aliphatic rings. The van der Waals surface area contributed by atoms with Crippen LogP contribution in [0, 0.1) is 11.6 Å². The molecule has 1 heterocycles. The van der Waals surface area contributed by atoms with Crippen LogP contribution in [-0.4, -0.2) is 5.91 Å². The van der Waals surface area contributed by atoms with Crippen molar-refractivity contribution in [3.8, 4) is 5.75 Å². The number of hydrogen-bond donors (Lipinski definition) is 1. The second-order valence-electron chi connectivity index (χ2n) is 6.11. The molecule has 0 radical (unpaired) electrons. The highest BCUT2D eigenvalue weighted by Gasteiger charge is 2.14. The van der Waals surface area contributed by atoms with Crippen LogP contribution in [0.25, 0.3) is 10.8 Å². The maximum atomic E-state index is 13.6. The van der Waals surface area contributed by atoms with Gasteiger partial charge in [-0.05, 0) is 35.7 Å². The molecule has 1 N–H and O–H groups in total. The topological polar surface area (TPSA) is 51.5 Å². The van der Waals surface area contributed by atoms with Crippen LogP contribution in [0.15, 0.2) is 77.2 Å². The van der Waals surface area contributed by atoms with E-state index in [0.29, 0.717) is 11.4 Å². The first kappa shape index (κ1) is 17.7. The molecule has 4 rings (SSSR count). The minimum atomic E-state index is -0.805. The van der Waals surface area contributed by atoms with E-state index >= 15 is 0 Å². The van der Waals surface area contributed by atoms with E-state index < -0.39 is 17.5 Å². The molecule has 4 aromatic rings. The van der Waals surface area contributed by atoms with E-state index in [1.165, 1.54) is 12.1 Å². The van der Waals surface area contributed by atoms with Crippen LogP contribution >= 0.6 is 0 Å². The van der Waals surface area contributed by atoms with Crippen molar-refractivity contribution < 1.29 is 22.7 Å². The lowest BCUT2D eigenvalue weighted by Gasteiger charge is -2.07. The molecule has 1 amide bonds. The fourth-order valence-electron chi connectivity index (χ4n) is 2.84. The third-order valence-electron chi connectivity index (χ3n) is 4.19. The number of anilines is 1. The van der Waals surface area contributed by atoms with E-state index in [1.807, 2.05) is 42.5 Å². The average Bonchev–Trinajstić information content (AvgIpc) is 3.17. The summed E-state index contributed by atoms with van der Waals surface area (Å²) in [6.45, 7) is -0.0932. The van der Waals surface area contributed by atoms with Gasteiger partial charge in [0.1, 0.15) is 18.2 Å². The van der Waals surface area contributed by atoms with Gasteiger partial charge in [0.05, 0.1) is 0 Å². The van der Waals surface area contributed by atoms with Gasteiger partial charge in [-0.2, -0.15) is 0 Å². The Morgan fingerprint density at radius 1 is 0.964 bits per heavy atom. The molecule has 0 aliphatic carbocycles. The van der Waals surface area contributed by atoms with Crippen LogP contribution in [0.1, 0.15) is 16.3 Å². The molecule has 0 aliphatic heterocycles. The molecular weight excluding hydrogens is 364 g/mol. The van der Waals surface area contributed by atoms with Gasteiger partial charge in [0, 0.05) is 17.1 Å². The Hall–Kier alpha value is -3.67. The molecule has 1 aromatic heterocycles. The van der Waals surface area contributed by atoms with Crippen LogP contribution in [0.5, 0.6) is 5.75 Å². The number of fused-ring (bicyclic) bond motifs is 1. The molecule has 0 atom stereocenters. The summed E-state index contributed by atoms with van der Waals surface area (Å²) in [4.78, 5) is 12.5. The first-order valence-electron chi connectivity index (χ1n) is 8.56. The molecule has 0 spiro atoms. The summed E-state index contributed by atoms with van der Waals surface area (Å²) >= 11 is 0. The molecule has 28 heavy (non-hydrogen) atoms. The molecule has 0 saturated carbocycles. The van der Waals surface area contributed by atoms with Crippen molar-refractivity contribution in [2.24, 2.45) is 0 Å². The monoisotopic (exact) mass is 379 g/mol. The van der Waals surface area contributed by atoms with E-state index in [-0.39, 0.29) is 18.1 Å². The minimum absolute atomic E-state index is 0.0932. The fourth-order valence-corrected chi connectivity index (χ4v) is 2.84. The molecule has 3 aromatic carbocycles. The normalized spacial score (nSPS) is 10.8. The zero-order valence-electron chi connectivity index (χ0n) is 14.6. The van der Waals surface area contributed by atoms with Crippen LogP contribution in [0.3, 0.4) is 0 Å². The second kappa shape index (κ2) is 7.52. The largest absolute Gasteiger partial charge is 0.483 e. The summed E-state index contributed by atoms with van der Waals surface area (Å²) in [6.07, 6.45) is 0. The number of amides is 1. The molecule has 0 saturated heterocycles. The maximum Gasteiger partial charge on any atom is 0.291 e. The van der Waals surface area contributed by atoms with E-state index in [2.05, 4.69) is 5.32 Å². The SMILES string of the molecule is O=C(Nc1cccc2ccccc12)c1ccc(COc2ccc(F)cc2F)o1. The summed E-state index contributed by atoms with van der Waals surface area (Å²) in [5.74, 6) is -1.55. The number of ether oxygens (including phenoxy) is 1. The summed E-state index contributed by atoms with van der Waals surface area (Å²) in [5, 5.41) is 4.75. The minimum Gasteiger partial charge on any atom is -0.483 e. The Kier molecular flexibility index (Phi) is 4.76. The molecule has 140 valence electrons. The van der Waals surface area contributed by atoms with Crippen molar-refractivity contribution in [1.29, 1.82) is 0 Å². The number of carbonyl (C=O) groups is 1. The molecule has 0 bridgehead atoms. The van der Waals surface area contributed by atoms with Gasteiger partial charge in [0.25, 0.3) is 5.91 Å². The summed E-state index contributed by atoms with van der Waals surface area (Å²) in [5.41, 5.74) is 0.672. The highest BCUT2D eigenvalue weighted by molar-refractivity contribution is 6.07. The van der Waals surface area contributed by atoms with Crippen LogP contribution < -0.4 is 10.1 Å². The number of nitrogens with one attached hydrogen (secondary N) is 1. The number of carbonyl (C=O) groups excluding carboxylic acids is 1. The number of benzene rings is 3. The Labute approximate surface area is 159 Å². The van der Waals surface area contributed by atoms with Gasteiger partial charge < -0.3 is 14.5 Å². The van der Waals surface area contributed by atoms with E-state index in [1.54, 1.807) is 6.07 Å². The van der Waals surface area contributed by atoms with Gasteiger partial charge in [0.2, 0.25) is 0 Å². The van der Waals surface area contributed by atoms with Gasteiger partial charge >= 0.3 is 0 Å². The first-order valence-corrected chi connectivity index (χ1v) is 8.56. The fraction of sp³-hybridized carbons (Fsp3) is 0.0455. The number of hydrogen-bond acceptors (Lipinski definition) is 3. The highest BCUT2D eigenvalue weighted by Crippen LogP contribution is 2.24. The molecule has 6 heteroatoms. The molecular formula is C22H15F2NO3. The zero-order chi connectivity index (χ0) is 19.5. The average molecular weight is 379 g/mol. The quantitative estimate of drug-likeness (QED) is 0.495. The summed E-state index contributed by atoms with van der Waals surface area (Å²) in [6, 6.07) is 19.4. The van der Waals surface area contributed by atoms with Gasteiger partial charge in [0.15, 0.2) is 17.3 Å². The first-order chi connectivity index (χ1) is 13.6. The van der Waals surface area contributed by atoms with Gasteiger partial charge in [-0.25, -0.2) is 8.78 Å². The zero-order valence-corrected chi connectivity index (χ0v) is 14.6. The Morgan fingerprint density at radius 3 is 2.64 bits per heavy atom. The smallest absolute Gasteiger partial charge is 0.291 e. The predicted molar refractivity (Wildman–Crippen MR) is 101 cm³/mol. The van der Waals surface area contributed by atoms with Crippen molar-refractivity contribution >= 4 is 22.4 Å². The molecule has 0 fully saturated rings. The van der Waals surface area contributed by atoms with Gasteiger partial charge in [-0.1, -0.05) is 36.4 Å². The lowest BCUT2D eigenvalue weighted by atomic mass is 10.1. The lowest BCUT2D eigenvalue weighted by Crippen LogP contribution is -2.11. The van der Waals surface area contributed by atoms with Crippen LogP contribution in [0.4, 0.5) is 14.5 Å². The second-order valence-corrected chi connectivity index (χ2v) is 6.11. The third-order valence-corrected chi connectivity index (χ3v) is 4.19. The summed E-state index contributed by atoms with van der Waals surface area (Å²) < 4.78 is 37.3. The number of furan rings is 1. The lowest BCUT2D eigenvalue weighted by molar-refractivity contribution is 0.0992. The van der Waals surface area contributed by atoms with Crippen LogP contribution in [-0.2, 0) is 6.61 Å². The van der Waals surface area contributed by atoms with E-state index in [9.17, 15) is 13.6 Å². The van der Waals surface area contributed by atoms with Gasteiger partial charge in [-0.15, -0.1) is 0 Å². The molecule has 0 unspecified atom stereocenters. The maximum absolute atomic E-state index is 13.6.